The summed E-state index contributed by atoms with van der Waals surface area (Å²) in [5.41, 5.74) is 1.20. The average Bonchev–Trinajstić information content (AvgIpc) is 2.93. The van der Waals surface area contributed by atoms with Crippen molar-refractivity contribution in [1.29, 1.82) is 0 Å². The predicted molar refractivity (Wildman–Crippen MR) is 93.0 cm³/mol. The average molecular weight is 342 g/mol. The summed E-state index contributed by atoms with van der Waals surface area (Å²) >= 11 is 0. The number of aromatic hydroxyl groups is 1. The monoisotopic (exact) mass is 342 g/mol. The van der Waals surface area contributed by atoms with Gasteiger partial charge in [-0.25, -0.2) is 0 Å². The Hall–Kier alpha value is -2.37. The number of hydrogen-bond donors (Lipinski definition) is 1. The number of phenolic OH excluding ortho intramolecular Hbond substituents is 1. The van der Waals surface area contributed by atoms with E-state index in [1.807, 2.05) is 44.2 Å². The van der Waals surface area contributed by atoms with E-state index < -0.39 is 5.79 Å². The van der Waals surface area contributed by atoms with E-state index in [-0.39, 0.29) is 29.6 Å². The fourth-order valence-electron chi connectivity index (χ4n) is 2.75. The quantitative estimate of drug-likeness (QED) is 0.816. The van der Waals surface area contributed by atoms with Gasteiger partial charge < -0.3 is 19.3 Å². The lowest BCUT2D eigenvalue weighted by atomic mass is 10.0. The summed E-state index contributed by atoms with van der Waals surface area (Å²) in [6.45, 7) is 4.49. The first kappa shape index (κ1) is 17.5. The number of phenols is 1. The number of carbonyl (C=O) groups excluding carboxylic acids is 1. The Kier molecular flexibility index (Phi) is 5.06. The van der Waals surface area contributed by atoms with E-state index in [1.165, 1.54) is 6.07 Å². The van der Waals surface area contributed by atoms with Crippen LogP contribution in [-0.4, -0.2) is 36.0 Å². The first-order valence-corrected chi connectivity index (χ1v) is 8.28. The van der Waals surface area contributed by atoms with Crippen molar-refractivity contribution in [3.05, 3.63) is 59.7 Å². The summed E-state index contributed by atoms with van der Waals surface area (Å²) in [6.07, 6.45) is 0.0910. The second-order valence-electron chi connectivity index (χ2n) is 6.53. The largest absolute Gasteiger partial charge is 0.507 e. The minimum atomic E-state index is -0.593. The lowest BCUT2D eigenvalue weighted by Gasteiger charge is -2.17. The van der Waals surface area contributed by atoms with Gasteiger partial charge in [0.25, 0.3) is 0 Å². The van der Waals surface area contributed by atoms with E-state index in [0.29, 0.717) is 19.0 Å². The minimum Gasteiger partial charge on any atom is -0.507 e. The van der Waals surface area contributed by atoms with E-state index in [4.69, 9.17) is 14.2 Å². The molecule has 0 bridgehead atoms. The number of benzene rings is 2. The van der Waals surface area contributed by atoms with Crippen molar-refractivity contribution in [3.8, 4) is 11.5 Å². The van der Waals surface area contributed by atoms with Gasteiger partial charge in [0.1, 0.15) is 24.2 Å². The maximum Gasteiger partial charge on any atom is 0.170 e. The molecule has 25 heavy (non-hydrogen) atoms. The van der Waals surface area contributed by atoms with E-state index in [0.717, 1.165) is 5.56 Å². The Morgan fingerprint density at radius 2 is 2.00 bits per heavy atom. The molecule has 0 spiro atoms. The zero-order chi connectivity index (χ0) is 17.9. The van der Waals surface area contributed by atoms with Gasteiger partial charge in [0.2, 0.25) is 0 Å². The number of ether oxygens (including phenoxy) is 3. The maximum absolute atomic E-state index is 12.3. The van der Waals surface area contributed by atoms with Crippen LogP contribution in [0.15, 0.2) is 48.5 Å². The van der Waals surface area contributed by atoms with Gasteiger partial charge >= 0.3 is 0 Å². The molecule has 1 atom stereocenters. The third-order valence-electron chi connectivity index (χ3n) is 3.98. The molecule has 3 rings (SSSR count). The number of rotatable bonds is 6. The highest BCUT2D eigenvalue weighted by Crippen LogP contribution is 2.27. The van der Waals surface area contributed by atoms with E-state index in [1.54, 1.807) is 12.1 Å². The highest BCUT2D eigenvalue weighted by molar-refractivity contribution is 6.00. The van der Waals surface area contributed by atoms with E-state index in [2.05, 4.69) is 0 Å². The van der Waals surface area contributed by atoms with Gasteiger partial charge in [-0.3, -0.25) is 4.79 Å². The molecular formula is C20H22O5. The molecule has 2 aromatic carbocycles. The van der Waals surface area contributed by atoms with Crippen LogP contribution in [0.1, 0.15) is 29.8 Å². The van der Waals surface area contributed by atoms with Crippen molar-refractivity contribution >= 4 is 5.78 Å². The van der Waals surface area contributed by atoms with Gasteiger partial charge in [0, 0.05) is 12.5 Å². The fraction of sp³-hybridized carbons (Fsp3) is 0.350. The first-order valence-electron chi connectivity index (χ1n) is 8.28. The second kappa shape index (κ2) is 7.25. The molecule has 0 saturated carbocycles. The minimum absolute atomic E-state index is 0.0812. The lowest BCUT2D eigenvalue weighted by Crippen LogP contribution is -2.25. The zero-order valence-corrected chi connectivity index (χ0v) is 14.4. The molecule has 1 saturated heterocycles. The molecule has 0 aliphatic carbocycles. The van der Waals surface area contributed by atoms with Crippen molar-refractivity contribution in [2.24, 2.45) is 0 Å². The van der Waals surface area contributed by atoms with Crippen molar-refractivity contribution in [1.82, 2.24) is 0 Å². The highest BCUT2D eigenvalue weighted by Gasteiger charge is 2.33. The van der Waals surface area contributed by atoms with E-state index >= 15 is 0 Å². The lowest BCUT2D eigenvalue weighted by molar-refractivity contribution is -0.141. The smallest absolute Gasteiger partial charge is 0.170 e. The molecule has 5 nitrogen and oxygen atoms in total. The molecule has 2 aromatic rings. The first-order chi connectivity index (χ1) is 11.9. The summed E-state index contributed by atoms with van der Waals surface area (Å²) in [5, 5.41) is 10.2. The third kappa shape index (κ3) is 4.59. The summed E-state index contributed by atoms with van der Waals surface area (Å²) in [5.74, 6) is -0.321. The topological polar surface area (TPSA) is 65.0 Å². The van der Waals surface area contributed by atoms with Gasteiger partial charge in [-0.15, -0.1) is 0 Å². The van der Waals surface area contributed by atoms with Crippen molar-refractivity contribution < 1.29 is 24.1 Å². The molecule has 1 aliphatic rings. The molecule has 0 radical (unpaired) electrons. The van der Waals surface area contributed by atoms with E-state index in [9.17, 15) is 9.90 Å². The molecule has 1 aliphatic heterocycles. The van der Waals surface area contributed by atoms with Gasteiger partial charge in [-0.05, 0) is 31.5 Å². The number of hydrogen-bond acceptors (Lipinski definition) is 5. The summed E-state index contributed by atoms with van der Waals surface area (Å²) in [4.78, 5) is 12.3. The molecule has 132 valence electrons. The zero-order valence-electron chi connectivity index (χ0n) is 14.4. The number of Topliss-reactive ketones (excluding diaryl/α,β-unsaturated/α-hetero) is 1. The van der Waals surface area contributed by atoms with Gasteiger partial charge in [-0.1, -0.05) is 30.3 Å². The standard InChI is InChI=1S/C20H22O5/c1-20(2)24-13-16(25-20)12-23-15-8-9-17(19(22)11-15)18(21)10-14-6-4-3-5-7-14/h3-9,11,16,22H,10,12-13H2,1-2H3. The van der Waals surface area contributed by atoms with Gasteiger partial charge in [0.05, 0.1) is 12.2 Å². The number of carbonyl (C=O) groups is 1. The Labute approximate surface area is 147 Å². The molecule has 1 N–H and O–H groups in total. The third-order valence-corrected chi connectivity index (χ3v) is 3.98. The molecule has 0 amide bonds. The predicted octanol–water partition coefficient (Wildman–Crippen LogP) is 3.35. The van der Waals surface area contributed by atoms with Crippen LogP contribution in [0.25, 0.3) is 0 Å². The molecule has 0 aromatic heterocycles. The molecule has 1 heterocycles. The Morgan fingerprint density at radius 1 is 1.24 bits per heavy atom. The molecule has 1 fully saturated rings. The fourth-order valence-corrected chi connectivity index (χ4v) is 2.75. The van der Waals surface area contributed by atoms with Crippen LogP contribution in [0.4, 0.5) is 0 Å². The summed E-state index contributed by atoms with van der Waals surface area (Å²) in [7, 11) is 0. The van der Waals surface area contributed by atoms with Crippen LogP contribution in [0.5, 0.6) is 11.5 Å². The van der Waals surface area contributed by atoms with Crippen molar-refractivity contribution in [2.45, 2.75) is 32.2 Å². The summed E-state index contributed by atoms with van der Waals surface area (Å²) in [6, 6.07) is 14.2. The maximum atomic E-state index is 12.3. The van der Waals surface area contributed by atoms with Crippen LogP contribution in [0.2, 0.25) is 0 Å². The molecule has 1 unspecified atom stereocenters. The number of ketones is 1. The highest BCUT2D eigenvalue weighted by atomic mass is 16.7. The van der Waals surface area contributed by atoms with Crippen LogP contribution in [0.3, 0.4) is 0 Å². The van der Waals surface area contributed by atoms with Gasteiger partial charge in [0.15, 0.2) is 11.6 Å². The normalized spacial score (nSPS) is 18.9. The van der Waals surface area contributed by atoms with Crippen LogP contribution >= 0.6 is 0 Å². The van der Waals surface area contributed by atoms with Crippen LogP contribution < -0.4 is 4.74 Å². The molecular weight excluding hydrogens is 320 g/mol. The van der Waals surface area contributed by atoms with Gasteiger partial charge in [-0.2, -0.15) is 0 Å². The Morgan fingerprint density at radius 3 is 2.64 bits per heavy atom. The summed E-state index contributed by atoms with van der Waals surface area (Å²) < 4.78 is 16.8. The van der Waals surface area contributed by atoms with Crippen LogP contribution in [-0.2, 0) is 15.9 Å². The van der Waals surface area contributed by atoms with Crippen molar-refractivity contribution in [3.63, 3.8) is 0 Å². The Balaban J connectivity index is 1.60. The van der Waals surface area contributed by atoms with Crippen molar-refractivity contribution in [2.75, 3.05) is 13.2 Å². The van der Waals surface area contributed by atoms with Crippen LogP contribution in [0, 0.1) is 0 Å². The SMILES string of the molecule is CC1(C)OCC(COc2ccc(C(=O)Cc3ccccc3)c(O)c2)O1. The molecule has 5 heteroatoms. The Bertz CT molecular complexity index is 739. The second-order valence-corrected chi connectivity index (χ2v) is 6.53.